The number of rotatable bonds is 3. The van der Waals surface area contributed by atoms with Crippen molar-refractivity contribution in [2.75, 3.05) is 13.7 Å². The second-order valence-corrected chi connectivity index (χ2v) is 4.43. The molecule has 17 heavy (non-hydrogen) atoms. The van der Waals surface area contributed by atoms with Gasteiger partial charge in [-0.15, -0.1) is 0 Å². The van der Waals surface area contributed by atoms with E-state index < -0.39 is 0 Å². The summed E-state index contributed by atoms with van der Waals surface area (Å²) in [5.41, 5.74) is 3.52. The van der Waals surface area contributed by atoms with E-state index in [0.29, 0.717) is 13.2 Å². The summed E-state index contributed by atoms with van der Waals surface area (Å²) in [6, 6.07) is 2.13. The Kier molecular flexibility index (Phi) is 3.57. The molecule has 0 radical (unpaired) electrons. The summed E-state index contributed by atoms with van der Waals surface area (Å²) in [6.45, 7) is 7.43. The van der Waals surface area contributed by atoms with Crippen molar-refractivity contribution in [1.29, 1.82) is 0 Å². The average Bonchev–Trinajstić information content (AvgIpc) is 2.31. The lowest BCUT2D eigenvalue weighted by Gasteiger charge is -2.26. The predicted molar refractivity (Wildman–Crippen MR) is 66.9 cm³/mol. The fraction of sp³-hybridized carbons (Fsp3) is 0.571. The molecule has 94 valence electrons. The molecule has 1 unspecified atom stereocenters. The van der Waals surface area contributed by atoms with Gasteiger partial charge in [-0.1, -0.05) is 0 Å². The molecule has 0 amide bonds. The highest BCUT2D eigenvalue weighted by molar-refractivity contribution is 5.54. The molecule has 3 nitrogen and oxygen atoms in total. The Morgan fingerprint density at radius 1 is 1.47 bits per heavy atom. The first kappa shape index (κ1) is 12.2. The van der Waals surface area contributed by atoms with Gasteiger partial charge in [-0.3, -0.25) is 0 Å². The highest BCUT2D eigenvalue weighted by atomic mass is 16.5. The topological polar surface area (TPSA) is 27.7 Å². The van der Waals surface area contributed by atoms with Gasteiger partial charge in [0, 0.05) is 11.1 Å². The van der Waals surface area contributed by atoms with Crippen molar-refractivity contribution in [2.45, 2.75) is 39.9 Å². The second kappa shape index (κ2) is 4.96. The van der Waals surface area contributed by atoms with Crippen LogP contribution in [0.1, 0.15) is 30.5 Å². The van der Waals surface area contributed by atoms with Gasteiger partial charge in [0.2, 0.25) is 0 Å². The molecule has 1 atom stereocenters. The summed E-state index contributed by atoms with van der Waals surface area (Å²) < 4.78 is 16.8. The van der Waals surface area contributed by atoms with Crippen LogP contribution in [-0.4, -0.2) is 19.8 Å². The molecule has 0 saturated heterocycles. The van der Waals surface area contributed by atoms with Crippen molar-refractivity contribution in [2.24, 2.45) is 0 Å². The van der Waals surface area contributed by atoms with E-state index >= 15 is 0 Å². The van der Waals surface area contributed by atoms with Crippen molar-refractivity contribution in [3.05, 3.63) is 22.8 Å². The van der Waals surface area contributed by atoms with Crippen molar-refractivity contribution < 1.29 is 14.2 Å². The zero-order chi connectivity index (χ0) is 12.4. The Morgan fingerprint density at radius 3 is 2.88 bits per heavy atom. The van der Waals surface area contributed by atoms with E-state index in [-0.39, 0.29) is 6.10 Å². The van der Waals surface area contributed by atoms with Gasteiger partial charge in [0.1, 0.15) is 11.5 Å². The van der Waals surface area contributed by atoms with Gasteiger partial charge < -0.3 is 14.2 Å². The average molecular weight is 236 g/mol. The molecule has 0 N–H and O–H groups in total. The number of benzene rings is 1. The summed E-state index contributed by atoms with van der Waals surface area (Å²) in [5.74, 6) is 1.84. The smallest absolute Gasteiger partial charge is 0.131 e. The highest BCUT2D eigenvalue weighted by Crippen LogP contribution is 2.37. The fourth-order valence-electron chi connectivity index (χ4n) is 2.35. The van der Waals surface area contributed by atoms with Gasteiger partial charge in [0.05, 0.1) is 26.4 Å². The van der Waals surface area contributed by atoms with E-state index in [9.17, 15) is 0 Å². The van der Waals surface area contributed by atoms with Crippen molar-refractivity contribution in [3.8, 4) is 11.5 Å². The highest BCUT2D eigenvalue weighted by Gasteiger charge is 2.22. The first-order valence-corrected chi connectivity index (χ1v) is 6.11. The maximum absolute atomic E-state index is 5.68. The van der Waals surface area contributed by atoms with Crippen molar-refractivity contribution in [3.63, 3.8) is 0 Å². The zero-order valence-electron chi connectivity index (χ0n) is 11.0. The van der Waals surface area contributed by atoms with Crippen LogP contribution in [0.2, 0.25) is 0 Å². The summed E-state index contributed by atoms with van der Waals surface area (Å²) in [6.07, 6.45) is 1.19. The Bertz CT molecular complexity index is 412. The SMILES string of the molecule is CCOc1cc2c(c(OC)c1C)COC(C)C2. The molecule has 2 rings (SSSR count). The summed E-state index contributed by atoms with van der Waals surface area (Å²) in [4.78, 5) is 0. The molecule has 0 fully saturated rings. The fourth-order valence-corrected chi connectivity index (χ4v) is 2.35. The molecule has 3 heteroatoms. The minimum absolute atomic E-state index is 0.268. The Morgan fingerprint density at radius 2 is 2.24 bits per heavy atom. The van der Waals surface area contributed by atoms with Crippen molar-refractivity contribution in [1.82, 2.24) is 0 Å². The minimum Gasteiger partial charge on any atom is -0.496 e. The lowest BCUT2D eigenvalue weighted by atomic mass is 9.96. The molecular formula is C14H20O3. The second-order valence-electron chi connectivity index (χ2n) is 4.43. The third-order valence-electron chi connectivity index (χ3n) is 3.20. The molecule has 0 spiro atoms. The molecule has 1 aromatic rings. The van der Waals surface area contributed by atoms with Crippen LogP contribution >= 0.6 is 0 Å². The van der Waals surface area contributed by atoms with Gasteiger partial charge >= 0.3 is 0 Å². The van der Waals surface area contributed by atoms with E-state index in [2.05, 4.69) is 13.0 Å². The van der Waals surface area contributed by atoms with E-state index in [4.69, 9.17) is 14.2 Å². The largest absolute Gasteiger partial charge is 0.496 e. The standard InChI is InChI=1S/C14H20O3/c1-5-16-13-7-11-6-9(2)17-8-12(11)14(15-4)10(13)3/h7,9H,5-6,8H2,1-4H3. The van der Waals surface area contributed by atoms with Crippen molar-refractivity contribution >= 4 is 0 Å². The minimum atomic E-state index is 0.268. The van der Waals surface area contributed by atoms with Crippen LogP contribution in [0.3, 0.4) is 0 Å². The number of hydrogen-bond donors (Lipinski definition) is 0. The third-order valence-corrected chi connectivity index (χ3v) is 3.20. The quantitative estimate of drug-likeness (QED) is 0.807. The third kappa shape index (κ3) is 2.25. The molecule has 1 aliphatic heterocycles. The first-order valence-electron chi connectivity index (χ1n) is 6.11. The molecule has 0 saturated carbocycles. The number of methoxy groups -OCH3 is 1. The zero-order valence-corrected chi connectivity index (χ0v) is 11.0. The van der Waals surface area contributed by atoms with Crippen LogP contribution in [0.25, 0.3) is 0 Å². The predicted octanol–water partition coefficient (Wildman–Crippen LogP) is 2.86. The Balaban J connectivity index is 2.49. The molecule has 1 aromatic carbocycles. The van der Waals surface area contributed by atoms with Crippen LogP contribution < -0.4 is 9.47 Å². The van der Waals surface area contributed by atoms with E-state index in [1.165, 1.54) is 11.1 Å². The summed E-state index contributed by atoms with van der Waals surface area (Å²) in [7, 11) is 1.70. The van der Waals surface area contributed by atoms with E-state index in [1.54, 1.807) is 7.11 Å². The molecule has 1 aliphatic rings. The van der Waals surface area contributed by atoms with Gasteiger partial charge in [-0.25, -0.2) is 0 Å². The lowest BCUT2D eigenvalue weighted by Crippen LogP contribution is -2.20. The van der Waals surface area contributed by atoms with Crippen LogP contribution in [-0.2, 0) is 17.8 Å². The molecule has 0 aliphatic carbocycles. The van der Waals surface area contributed by atoms with Gasteiger partial charge in [0.15, 0.2) is 0 Å². The normalized spacial score (nSPS) is 18.7. The van der Waals surface area contributed by atoms with E-state index in [0.717, 1.165) is 23.5 Å². The van der Waals surface area contributed by atoms with Gasteiger partial charge in [-0.2, -0.15) is 0 Å². The lowest BCUT2D eigenvalue weighted by molar-refractivity contribution is 0.0394. The van der Waals surface area contributed by atoms with Crippen LogP contribution in [0.5, 0.6) is 11.5 Å². The molecular weight excluding hydrogens is 216 g/mol. The van der Waals surface area contributed by atoms with Crippen LogP contribution in [0, 0.1) is 6.92 Å². The Hall–Kier alpha value is -1.22. The van der Waals surface area contributed by atoms with E-state index in [1.807, 2.05) is 13.8 Å². The molecule has 1 heterocycles. The van der Waals surface area contributed by atoms with Gasteiger partial charge in [0.25, 0.3) is 0 Å². The number of fused-ring (bicyclic) bond motifs is 1. The van der Waals surface area contributed by atoms with Gasteiger partial charge in [-0.05, 0) is 38.8 Å². The summed E-state index contributed by atoms with van der Waals surface area (Å²) >= 11 is 0. The maximum Gasteiger partial charge on any atom is 0.131 e. The number of hydrogen-bond acceptors (Lipinski definition) is 3. The van der Waals surface area contributed by atoms with Crippen LogP contribution in [0.15, 0.2) is 6.07 Å². The monoisotopic (exact) mass is 236 g/mol. The first-order chi connectivity index (χ1) is 8.17. The number of ether oxygens (including phenoxy) is 3. The molecule has 0 bridgehead atoms. The molecule has 0 aromatic heterocycles. The Labute approximate surface area is 103 Å². The van der Waals surface area contributed by atoms with Crippen LogP contribution in [0.4, 0.5) is 0 Å². The summed E-state index contributed by atoms with van der Waals surface area (Å²) in [5, 5.41) is 0. The maximum atomic E-state index is 5.68.